The highest BCUT2D eigenvalue weighted by atomic mass is 32.2. The first-order valence-corrected chi connectivity index (χ1v) is 8.09. The van der Waals surface area contributed by atoms with Crippen LogP contribution in [0.1, 0.15) is 31.7 Å². The Morgan fingerprint density at radius 1 is 1.38 bits per heavy atom. The molecule has 0 saturated carbocycles. The highest BCUT2D eigenvalue weighted by molar-refractivity contribution is 7.89. The molecule has 0 amide bonds. The summed E-state index contributed by atoms with van der Waals surface area (Å²) in [6.45, 7) is 1.70. The SMILES string of the molecule is C[C@@H]1CCC[C@H](C(=O)O)N1S(=O)(=O)c1ccccc1C#N. The highest BCUT2D eigenvalue weighted by Crippen LogP contribution is 2.31. The lowest BCUT2D eigenvalue weighted by Gasteiger charge is -2.37. The van der Waals surface area contributed by atoms with Crippen molar-refractivity contribution in [3.05, 3.63) is 29.8 Å². The van der Waals surface area contributed by atoms with Crippen LogP contribution >= 0.6 is 0 Å². The number of nitrogens with zero attached hydrogens (tertiary/aromatic N) is 2. The molecule has 2 atom stereocenters. The van der Waals surface area contributed by atoms with Crippen LogP contribution in [0.4, 0.5) is 0 Å². The maximum absolute atomic E-state index is 12.8. The van der Waals surface area contributed by atoms with Gasteiger partial charge in [-0.1, -0.05) is 12.1 Å². The second-order valence-corrected chi connectivity index (χ2v) is 6.89. The Hall–Kier alpha value is -1.91. The molecule has 0 aromatic heterocycles. The summed E-state index contributed by atoms with van der Waals surface area (Å²) in [7, 11) is -4.02. The van der Waals surface area contributed by atoms with E-state index in [2.05, 4.69) is 0 Å². The molecule has 1 aromatic carbocycles. The number of nitriles is 1. The van der Waals surface area contributed by atoms with Gasteiger partial charge in [-0.25, -0.2) is 8.42 Å². The number of carboxylic acids is 1. The van der Waals surface area contributed by atoms with Crippen molar-refractivity contribution in [2.75, 3.05) is 0 Å². The zero-order valence-electron chi connectivity index (χ0n) is 11.6. The van der Waals surface area contributed by atoms with Crippen LogP contribution in [0.15, 0.2) is 29.2 Å². The molecule has 0 spiro atoms. The van der Waals surface area contributed by atoms with Crippen molar-refractivity contribution in [3.63, 3.8) is 0 Å². The van der Waals surface area contributed by atoms with Gasteiger partial charge >= 0.3 is 5.97 Å². The second kappa shape index (κ2) is 5.84. The largest absolute Gasteiger partial charge is 0.480 e. The van der Waals surface area contributed by atoms with Gasteiger partial charge in [0.25, 0.3) is 0 Å². The van der Waals surface area contributed by atoms with Crippen molar-refractivity contribution in [1.29, 1.82) is 5.26 Å². The van der Waals surface area contributed by atoms with Crippen LogP contribution in [0.25, 0.3) is 0 Å². The predicted octanol–water partition coefficient (Wildman–Crippen LogP) is 1.57. The van der Waals surface area contributed by atoms with E-state index in [-0.39, 0.29) is 16.9 Å². The van der Waals surface area contributed by atoms with Crippen LogP contribution in [-0.2, 0) is 14.8 Å². The molecule has 2 rings (SSSR count). The lowest BCUT2D eigenvalue weighted by Crippen LogP contribution is -2.52. The molecule has 1 heterocycles. The lowest BCUT2D eigenvalue weighted by molar-refractivity contribution is -0.143. The minimum Gasteiger partial charge on any atom is -0.480 e. The summed E-state index contributed by atoms with van der Waals surface area (Å²) in [6.07, 6.45) is 1.56. The van der Waals surface area contributed by atoms with Gasteiger partial charge in [0.15, 0.2) is 0 Å². The molecule has 112 valence electrons. The molecule has 7 heteroatoms. The Morgan fingerprint density at radius 2 is 2.05 bits per heavy atom. The highest BCUT2D eigenvalue weighted by Gasteiger charge is 2.42. The fourth-order valence-electron chi connectivity index (χ4n) is 2.70. The van der Waals surface area contributed by atoms with E-state index in [1.54, 1.807) is 13.0 Å². The van der Waals surface area contributed by atoms with E-state index in [9.17, 15) is 18.3 Å². The zero-order valence-corrected chi connectivity index (χ0v) is 12.4. The van der Waals surface area contributed by atoms with Gasteiger partial charge in [-0.15, -0.1) is 0 Å². The van der Waals surface area contributed by atoms with Crippen molar-refractivity contribution < 1.29 is 18.3 Å². The van der Waals surface area contributed by atoms with Gasteiger partial charge in [-0.2, -0.15) is 9.57 Å². The number of benzene rings is 1. The van der Waals surface area contributed by atoms with Crippen LogP contribution in [0, 0.1) is 11.3 Å². The van der Waals surface area contributed by atoms with E-state index < -0.39 is 28.1 Å². The second-order valence-electron chi connectivity index (χ2n) is 5.08. The van der Waals surface area contributed by atoms with Gasteiger partial charge in [0, 0.05) is 6.04 Å². The number of sulfonamides is 1. The quantitative estimate of drug-likeness (QED) is 0.914. The fourth-order valence-corrected chi connectivity index (χ4v) is 4.68. The average molecular weight is 308 g/mol. The summed E-state index contributed by atoms with van der Waals surface area (Å²) < 4.78 is 26.6. The molecule has 1 N–H and O–H groups in total. The average Bonchev–Trinajstić information content (AvgIpc) is 2.46. The number of carboxylic acid groups (broad SMARTS) is 1. The lowest BCUT2D eigenvalue weighted by atomic mass is 10.00. The Balaban J connectivity index is 2.55. The Morgan fingerprint density at radius 3 is 2.67 bits per heavy atom. The number of rotatable bonds is 3. The molecular weight excluding hydrogens is 292 g/mol. The third-order valence-electron chi connectivity index (χ3n) is 3.69. The van der Waals surface area contributed by atoms with Crippen molar-refractivity contribution >= 4 is 16.0 Å². The molecule has 6 nitrogen and oxygen atoms in total. The first-order valence-electron chi connectivity index (χ1n) is 6.65. The third-order valence-corrected chi connectivity index (χ3v) is 5.77. The van der Waals surface area contributed by atoms with Gasteiger partial charge in [0.2, 0.25) is 10.0 Å². The first kappa shape index (κ1) is 15.5. The van der Waals surface area contributed by atoms with Gasteiger partial charge in [-0.3, -0.25) is 4.79 Å². The van der Waals surface area contributed by atoms with E-state index in [0.717, 1.165) is 4.31 Å². The number of hydrogen-bond donors (Lipinski definition) is 1. The van der Waals surface area contributed by atoms with Gasteiger partial charge < -0.3 is 5.11 Å². The maximum atomic E-state index is 12.8. The summed E-state index contributed by atoms with van der Waals surface area (Å²) in [5, 5.41) is 18.4. The molecule has 1 aliphatic rings. The number of carbonyl (C=O) groups is 1. The van der Waals surface area contributed by atoms with E-state index in [0.29, 0.717) is 12.8 Å². The predicted molar refractivity (Wildman–Crippen MR) is 74.9 cm³/mol. The minimum atomic E-state index is -4.02. The third kappa shape index (κ3) is 2.77. The Labute approximate surface area is 123 Å². The van der Waals surface area contributed by atoms with Crippen molar-refractivity contribution in [3.8, 4) is 6.07 Å². The summed E-state index contributed by atoms with van der Waals surface area (Å²) in [4.78, 5) is 11.2. The summed E-state index contributed by atoms with van der Waals surface area (Å²) in [5.74, 6) is -1.15. The van der Waals surface area contributed by atoms with Gasteiger partial charge in [-0.05, 0) is 38.3 Å². The summed E-state index contributed by atoms with van der Waals surface area (Å²) >= 11 is 0. The Kier molecular flexibility index (Phi) is 4.30. The molecule has 0 radical (unpaired) electrons. The fraction of sp³-hybridized carbons (Fsp3) is 0.429. The van der Waals surface area contributed by atoms with Crippen LogP contribution in [0.3, 0.4) is 0 Å². The van der Waals surface area contributed by atoms with E-state index >= 15 is 0 Å². The maximum Gasteiger partial charge on any atom is 0.322 e. The monoisotopic (exact) mass is 308 g/mol. The molecule has 1 aliphatic heterocycles. The summed E-state index contributed by atoms with van der Waals surface area (Å²) in [5.41, 5.74) is 0.0272. The smallest absolute Gasteiger partial charge is 0.322 e. The molecule has 1 saturated heterocycles. The molecule has 1 fully saturated rings. The standard InChI is InChI=1S/C14H16N2O4S/c1-10-5-4-7-12(14(17)18)16(10)21(19,20)13-8-3-2-6-11(13)9-15/h2-3,6,8,10,12H,4-5,7H2,1H3,(H,17,18)/t10-,12-/m1/s1. The molecular formula is C14H16N2O4S. The van der Waals surface area contributed by atoms with E-state index in [4.69, 9.17) is 5.26 Å². The minimum absolute atomic E-state index is 0.0272. The van der Waals surface area contributed by atoms with Crippen LogP contribution < -0.4 is 0 Å². The van der Waals surface area contributed by atoms with Crippen LogP contribution in [0.2, 0.25) is 0 Å². The van der Waals surface area contributed by atoms with Crippen LogP contribution in [-0.4, -0.2) is 35.9 Å². The molecule has 1 aromatic rings. The normalized spacial score (nSPS) is 23.4. The van der Waals surface area contributed by atoms with Gasteiger partial charge in [0.05, 0.1) is 10.5 Å². The zero-order chi connectivity index (χ0) is 15.6. The van der Waals surface area contributed by atoms with Crippen molar-refractivity contribution in [1.82, 2.24) is 4.31 Å². The molecule has 0 bridgehead atoms. The topological polar surface area (TPSA) is 98.5 Å². The van der Waals surface area contributed by atoms with Crippen LogP contribution in [0.5, 0.6) is 0 Å². The molecule has 0 unspecified atom stereocenters. The first-order chi connectivity index (χ1) is 9.89. The number of hydrogen-bond acceptors (Lipinski definition) is 4. The Bertz CT molecular complexity index is 693. The number of aliphatic carboxylic acids is 1. The van der Waals surface area contributed by atoms with E-state index in [1.165, 1.54) is 18.2 Å². The van der Waals surface area contributed by atoms with E-state index in [1.807, 2.05) is 6.07 Å². The number of piperidine rings is 1. The van der Waals surface area contributed by atoms with Crippen molar-refractivity contribution in [2.24, 2.45) is 0 Å². The van der Waals surface area contributed by atoms with Gasteiger partial charge in [0.1, 0.15) is 12.1 Å². The molecule has 0 aliphatic carbocycles. The summed E-state index contributed by atoms with van der Waals surface area (Å²) in [6, 6.07) is 6.22. The van der Waals surface area contributed by atoms with Crippen molar-refractivity contribution in [2.45, 2.75) is 43.2 Å². The molecule has 21 heavy (non-hydrogen) atoms.